The molecule has 0 aliphatic carbocycles. The quantitative estimate of drug-likeness (QED) is 0.0296. The Labute approximate surface area is 492 Å². The van der Waals surface area contributed by atoms with Gasteiger partial charge >= 0.3 is 12.4 Å². The van der Waals surface area contributed by atoms with Gasteiger partial charge in [-0.05, 0) is 120 Å². The van der Waals surface area contributed by atoms with Crippen molar-refractivity contribution in [2.45, 2.75) is 51.8 Å². The van der Waals surface area contributed by atoms with Gasteiger partial charge < -0.3 is 39.8 Å². The van der Waals surface area contributed by atoms with E-state index in [0.717, 1.165) is 36.7 Å². The summed E-state index contributed by atoms with van der Waals surface area (Å²) in [6, 6.07) is 28.6. The molecule has 2 aliphatic rings. The molecule has 2 fully saturated rings. The van der Waals surface area contributed by atoms with Crippen LogP contribution in [0.5, 0.6) is 11.5 Å². The van der Waals surface area contributed by atoms with Crippen molar-refractivity contribution in [3.05, 3.63) is 179 Å². The highest BCUT2D eigenvalue weighted by atomic mass is 19.4. The van der Waals surface area contributed by atoms with Gasteiger partial charge in [0.25, 0.3) is 11.8 Å². The lowest BCUT2D eigenvalue weighted by Gasteiger charge is -2.34. The fraction of sp³-hybridized carbons (Fsp3) is 0.246. The highest BCUT2D eigenvalue weighted by molar-refractivity contribution is 5.97. The maximum atomic E-state index is 15.6. The lowest BCUT2D eigenvalue weighted by atomic mass is 10.00. The second-order valence-electron chi connectivity index (χ2n) is 20.1. The third-order valence-electron chi connectivity index (χ3n) is 14.0. The number of nitrogens with one attached hydrogen (secondary N) is 6. The van der Waals surface area contributed by atoms with Crippen LogP contribution in [0, 0.1) is 11.6 Å². The van der Waals surface area contributed by atoms with E-state index in [-0.39, 0.29) is 99.5 Å². The lowest BCUT2D eigenvalue weighted by Crippen LogP contribution is -2.46. The lowest BCUT2D eigenvalue weighted by molar-refractivity contribution is -0.138. The van der Waals surface area contributed by atoms with Crippen molar-refractivity contribution in [1.82, 2.24) is 30.8 Å². The van der Waals surface area contributed by atoms with Crippen LogP contribution in [0.2, 0.25) is 0 Å². The first kappa shape index (κ1) is 60.3. The maximum Gasteiger partial charge on any atom is 0.416 e. The Morgan fingerprint density at radius 1 is 0.621 bits per heavy atom. The molecule has 2 amide bonds. The van der Waals surface area contributed by atoms with Crippen molar-refractivity contribution in [2.24, 2.45) is 0 Å². The highest BCUT2D eigenvalue weighted by Crippen LogP contribution is 2.41. The fourth-order valence-corrected chi connectivity index (χ4v) is 9.89. The summed E-state index contributed by atoms with van der Waals surface area (Å²) < 4.78 is 134. The number of hydrazine groups is 2. The molecule has 4 heterocycles. The predicted octanol–water partition coefficient (Wildman–Crippen LogP) is 12.2. The average molecular weight is 1210 g/mol. The van der Waals surface area contributed by atoms with Crippen molar-refractivity contribution >= 4 is 58.1 Å². The average Bonchev–Trinajstić information content (AvgIpc) is 2.27. The Morgan fingerprint density at radius 2 is 1.14 bits per heavy atom. The van der Waals surface area contributed by atoms with Gasteiger partial charge in [0, 0.05) is 64.6 Å². The molecule has 2 aliphatic heterocycles. The SMILES string of the molecule is CCCc1cc(Nc2cc(-c3ccccc3O)cc(C(F)(F)F)c2)ccc1C(=O)NNc1ncc(F)c(N2CCOC(Oc3ccccc3-c3cc(Nc4ccc(C(=O)NNc5ncc(F)c(N6CCOCC6)n5)c(CC)c4)cc(C(F)(F)F)c3)C2)n1. The van der Waals surface area contributed by atoms with E-state index in [1.165, 1.54) is 53.4 Å². The zero-order valence-corrected chi connectivity index (χ0v) is 46.5. The Morgan fingerprint density at radius 3 is 1.70 bits per heavy atom. The molecule has 0 bridgehead atoms. The van der Waals surface area contributed by atoms with Crippen LogP contribution in [0.15, 0.2) is 134 Å². The van der Waals surface area contributed by atoms with Gasteiger partial charge in [-0.1, -0.05) is 56.7 Å². The van der Waals surface area contributed by atoms with Gasteiger partial charge in [0.1, 0.15) is 11.5 Å². The van der Waals surface area contributed by atoms with Crippen molar-refractivity contribution < 1.29 is 64.0 Å². The van der Waals surface area contributed by atoms with Crippen LogP contribution in [-0.2, 0) is 34.7 Å². The van der Waals surface area contributed by atoms with Crippen LogP contribution < -0.4 is 46.9 Å². The van der Waals surface area contributed by atoms with Crippen LogP contribution in [0.3, 0.4) is 0 Å². The predicted molar refractivity (Wildman–Crippen MR) is 310 cm³/mol. The van der Waals surface area contributed by atoms with E-state index >= 15 is 4.39 Å². The van der Waals surface area contributed by atoms with E-state index in [9.17, 15) is 45.4 Å². The summed E-state index contributed by atoms with van der Waals surface area (Å²) in [5, 5.41) is 16.5. The van der Waals surface area contributed by atoms with Crippen molar-refractivity contribution in [3.63, 3.8) is 0 Å². The number of amides is 2. The molecule has 0 radical (unpaired) electrons. The first-order valence-corrected chi connectivity index (χ1v) is 27.5. The molecule has 1 atom stereocenters. The molecule has 0 saturated carbocycles. The summed E-state index contributed by atoms with van der Waals surface area (Å²) >= 11 is 0. The molecule has 8 aromatic rings. The molecule has 2 saturated heterocycles. The Hall–Kier alpha value is -9.82. The van der Waals surface area contributed by atoms with Crippen LogP contribution >= 0.6 is 0 Å². The third-order valence-corrected chi connectivity index (χ3v) is 14.0. The maximum absolute atomic E-state index is 15.6. The number of benzene rings is 6. The second kappa shape index (κ2) is 26.2. The molecule has 7 N–H and O–H groups in total. The van der Waals surface area contributed by atoms with Crippen LogP contribution in [0.1, 0.15) is 63.2 Å². The topological polar surface area (TPSA) is 212 Å². The number of ether oxygens (including phenoxy) is 3. The number of halogens is 8. The van der Waals surface area contributed by atoms with Crippen molar-refractivity contribution in [3.8, 4) is 33.8 Å². The monoisotopic (exact) mass is 1200 g/mol. The van der Waals surface area contributed by atoms with E-state index in [0.29, 0.717) is 68.1 Å². The zero-order valence-electron chi connectivity index (χ0n) is 46.5. The van der Waals surface area contributed by atoms with Crippen LogP contribution in [0.4, 0.5) is 81.4 Å². The number of phenols is 1. The second-order valence-corrected chi connectivity index (χ2v) is 20.1. The largest absolute Gasteiger partial charge is 0.507 e. The molecule has 18 nitrogen and oxygen atoms in total. The van der Waals surface area contributed by atoms with Gasteiger partial charge in [0.05, 0.1) is 49.9 Å². The van der Waals surface area contributed by atoms with Gasteiger partial charge in [-0.15, -0.1) is 0 Å². The molecule has 1 unspecified atom stereocenters. The number of hydrogen-bond acceptors (Lipinski definition) is 16. The number of para-hydroxylation sites is 2. The van der Waals surface area contributed by atoms with E-state index in [2.05, 4.69) is 52.3 Å². The van der Waals surface area contributed by atoms with Gasteiger partial charge in [-0.25, -0.2) is 18.7 Å². The van der Waals surface area contributed by atoms with Crippen molar-refractivity contribution in [2.75, 3.05) is 77.3 Å². The van der Waals surface area contributed by atoms with Gasteiger partial charge in [-0.3, -0.25) is 31.3 Å². The van der Waals surface area contributed by atoms with E-state index in [1.807, 2.05) is 6.92 Å². The molecule has 0 spiro atoms. The summed E-state index contributed by atoms with van der Waals surface area (Å²) in [4.78, 5) is 46.8. The number of anilines is 8. The summed E-state index contributed by atoms with van der Waals surface area (Å²) in [6.45, 7) is 5.36. The van der Waals surface area contributed by atoms with Gasteiger partial charge in [-0.2, -0.15) is 36.3 Å². The number of hydrogen-bond donors (Lipinski definition) is 7. The fourth-order valence-electron chi connectivity index (χ4n) is 9.89. The zero-order chi connectivity index (χ0) is 61.4. The number of aryl methyl sites for hydroxylation is 2. The van der Waals surface area contributed by atoms with Crippen LogP contribution in [-0.4, -0.2) is 89.1 Å². The number of carbonyl (C=O) groups is 2. The van der Waals surface area contributed by atoms with E-state index in [4.69, 9.17) is 14.2 Å². The van der Waals surface area contributed by atoms with Crippen LogP contribution in [0.25, 0.3) is 22.3 Å². The number of nitrogens with zero attached hydrogens (tertiary/aromatic N) is 6. The number of rotatable bonds is 19. The van der Waals surface area contributed by atoms with Gasteiger partial charge in [0.15, 0.2) is 23.3 Å². The standard InChI is InChI=1S/C61H56F8N12O6/c1-3-9-36-27-42(73-43-28-37(24-39(30-43)60(64,65)66)45-10-5-7-12-51(45)82)15-17-48(36)57(84)77-79-59-71-33-50(63)55(75-59)81-20-23-86-53(34-81)87-52-13-8-6-11-46(52)38-25-40(61(67,68)69)31-44(29-38)72-41-14-16-47(35(4-2)26-41)56(83)76-78-58-70-32-49(62)54(74-58)80-18-21-85-22-19-80/h5-8,10-17,24-33,53,72-73,82H,3-4,9,18-23,34H2,1-2H3,(H,76,83)(H,77,84)(H,70,74,78)(H,71,75,79). The number of carbonyl (C=O) groups excluding carboxylic acids is 2. The van der Waals surface area contributed by atoms with Crippen molar-refractivity contribution in [1.29, 1.82) is 0 Å². The first-order chi connectivity index (χ1) is 41.8. The summed E-state index contributed by atoms with van der Waals surface area (Å²) in [5.41, 5.74) is 11.6. The minimum absolute atomic E-state index is 0.0135. The minimum atomic E-state index is -4.78. The third kappa shape index (κ3) is 14.6. The molecular formula is C61H56F8N12O6. The molecule has 2 aromatic heterocycles. The molecular weight excluding hydrogens is 1150 g/mol. The molecule has 26 heteroatoms. The Balaban J connectivity index is 0.800. The first-order valence-electron chi connectivity index (χ1n) is 27.5. The molecule has 10 rings (SSSR count). The number of alkyl halides is 6. The number of phenolic OH excluding ortho intramolecular Hbond substituents is 1. The number of aromatic hydroxyl groups is 1. The Bertz CT molecular complexity index is 3810. The van der Waals surface area contributed by atoms with E-state index < -0.39 is 53.2 Å². The summed E-state index contributed by atoms with van der Waals surface area (Å²) in [7, 11) is 0. The molecule has 87 heavy (non-hydrogen) atoms. The Kier molecular flexibility index (Phi) is 18.2. The number of morpholine rings is 2. The highest BCUT2D eigenvalue weighted by Gasteiger charge is 2.34. The smallest absolute Gasteiger partial charge is 0.416 e. The minimum Gasteiger partial charge on any atom is -0.507 e. The summed E-state index contributed by atoms with van der Waals surface area (Å²) in [6.07, 6.45) is -7.31. The molecule has 452 valence electrons. The van der Waals surface area contributed by atoms with Gasteiger partial charge in [0.2, 0.25) is 18.2 Å². The number of aromatic nitrogens is 4. The summed E-state index contributed by atoms with van der Waals surface area (Å²) in [5.74, 6) is -3.09. The molecule has 6 aromatic carbocycles. The van der Waals surface area contributed by atoms with E-state index in [1.54, 1.807) is 60.4 Å². The normalized spacial score (nSPS) is 14.5.